The number of nitrogens with zero attached hydrogens (tertiary/aromatic N) is 3. The number of ether oxygens (including phenoxy) is 1. The van der Waals surface area contributed by atoms with Gasteiger partial charge in [-0.1, -0.05) is 37.2 Å². The minimum atomic E-state index is -4.59. The second-order valence-corrected chi connectivity index (χ2v) is 8.27. The Kier molecular flexibility index (Phi) is 4.72. The molecule has 0 aliphatic carbocycles. The van der Waals surface area contributed by atoms with Crippen LogP contribution in [0.1, 0.15) is 43.0 Å². The Morgan fingerprint density at radius 3 is 2.62 bits per heavy atom. The van der Waals surface area contributed by atoms with Gasteiger partial charge in [0.25, 0.3) is 0 Å². The van der Waals surface area contributed by atoms with Gasteiger partial charge in [-0.3, -0.25) is 0 Å². The van der Waals surface area contributed by atoms with Crippen LogP contribution in [-0.2, 0) is 11.6 Å². The van der Waals surface area contributed by atoms with Crippen LogP contribution >= 0.6 is 23.4 Å². The fourth-order valence-corrected chi connectivity index (χ4v) is 3.68. The highest BCUT2D eigenvalue weighted by Crippen LogP contribution is 2.44. The first-order valence-electron chi connectivity index (χ1n) is 7.69. The van der Waals surface area contributed by atoms with Gasteiger partial charge in [0, 0.05) is 17.0 Å². The second kappa shape index (κ2) is 6.45. The van der Waals surface area contributed by atoms with Gasteiger partial charge in [0.2, 0.25) is 0 Å². The number of thioether (sulfide) groups is 1. The number of nitrogen functional groups attached to an aromatic ring is 1. The van der Waals surface area contributed by atoms with Crippen LogP contribution < -0.4 is 10.5 Å². The van der Waals surface area contributed by atoms with E-state index in [2.05, 4.69) is 15.0 Å². The molecule has 2 N–H and O–H groups in total. The van der Waals surface area contributed by atoms with E-state index in [-0.39, 0.29) is 26.8 Å². The summed E-state index contributed by atoms with van der Waals surface area (Å²) in [5.74, 6) is 0.314. The number of alkyl halides is 3. The Morgan fingerprint density at radius 2 is 1.96 bits per heavy atom. The molecule has 0 bridgehead atoms. The van der Waals surface area contributed by atoms with Crippen molar-refractivity contribution in [2.75, 3.05) is 12.3 Å². The summed E-state index contributed by atoms with van der Waals surface area (Å²) in [6.07, 6.45) is -4.59. The highest BCUT2D eigenvalue weighted by Gasteiger charge is 2.36. The lowest BCUT2D eigenvalue weighted by Gasteiger charge is -2.18. The maximum absolute atomic E-state index is 12.9. The third-order valence-corrected chi connectivity index (χ3v) is 5.22. The van der Waals surface area contributed by atoms with Crippen LogP contribution in [-0.4, -0.2) is 21.6 Å². The molecule has 2 aromatic rings. The predicted molar refractivity (Wildman–Crippen MR) is 93.5 cm³/mol. The van der Waals surface area contributed by atoms with Crippen LogP contribution in [0.3, 0.4) is 0 Å². The van der Waals surface area contributed by atoms with Gasteiger partial charge in [-0.2, -0.15) is 13.2 Å². The van der Waals surface area contributed by atoms with E-state index in [4.69, 9.17) is 22.1 Å². The zero-order chi connectivity index (χ0) is 19.3. The normalized spacial score (nSPS) is 16.9. The molecule has 0 saturated heterocycles. The first-order chi connectivity index (χ1) is 12.0. The lowest BCUT2D eigenvalue weighted by Crippen LogP contribution is -2.18. The molecule has 1 aliphatic heterocycles. The van der Waals surface area contributed by atoms with E-state index < -0.39 is 11.9 Å². The third-order valence-electron chi connectivity index (χ3n) is 3.97. The van der Waals surface area contributed by atoms with Gasteiger partial charge >= 0.3 is 6.18 Å². The van der Waals surface area contributed by atoms with Crippen molar-refractivity contribution in [3.8, 4) is 5.75 Å². The molecule has 1 atom stereocenters. The quantitative estimate of drug-likeness (QED) is 0.456. The third kappa shape index (κ3) is 3.68. The van der Waals surface area contributed by atoms with E-state index >= 15 is 0 Å². The summed E-state index contributed by atoms with van der Waals surface area (Å²) in [5.41, 5.74) is 5.72. The smallest absolute Gasteiger partial charge is 0.433 e. The standard InChI is InChI=1S/C16H16ClF3N4OS/c1-7(26-14-23-10(16(18,19)20)5-11(21)24-14)9-4-8-12(13(17)22-9)25-6-15(8,2)3/h4-5,7H,6H2,1-3H3,(H2,21,23,24). The zero-order valence-corrected chi connectivity index (χ0v) is 15.8. The summed E-state index contributed by atoms with van der Waals surface area (Å²) in [4.78, 5) is 11.7. The van der Waals surface area contributed by atoms with Crippen molar-refractivity contribution in [2.45, 2.75) is 42.8 Å². The molecule has 5 nitrogen and oxygen atoms in total. The van der Waals surface area contributed by atoms with Gasteiger partial charge in [-0.15, -0.1) is 0 Å². The molecule has 26 heavy (non-hydrogen) atoms. The SMILES string of the molecule is CC(Sc1nc(N)cc(C(F)(F)F)n1)c1cc2c(c(Cl)n1)OCC2(C)C. The summed E-state index contributed by atoms with van der Waals surface area (Å²) in [6.45, 7) is 6.32. The van der Waals surface area contributed by atoms with Crippen LogP contribution in [0, 0.1) is 0 Å². The molecule has 1 unspecified atom stereocenters. The van der Waals surface area contributed by atoms with Crippen molar-refractivity contribution in [3.63, 3.8) is 0 Å². The summed E-state index contributed by atoms with van der Waals surface area (Å²) in [5, 5.41) is -0.171. The largest absolute Gasteiger partial charge is 0.489 e. The molecule has 0 spiro atoms. The number of rotatable bonds is 3. The summed E-state index contributed by atoms with van der Waals surface area (Å²) in [6, 6.07) is 2.57. The Balaban J connectivity index is 1.91. The monoisotopic (exact) mass is 404 g/mol. The van der Waals surface area contributed by atoms with E-state index in [1.165, 1.54) is 0 Å². The topological polar surface area (TPSA) is 73.9 Å². The Morgan fingerprint density at radius 1 is 1.27 bits per heavy atom. The molecule has 3 rings (SSSR count). The van der Waals surface area contributed by atoms with Crippen LogP contribution in [0.4, 0.5) is 19.0 Å². The first-order valence-corrected chi connectivity index (χ1v) is 8.95. The highest BCUT2D eigenvalue weighted by atomic mass is 35.5. The number of aromatic nitrogens is 3. The van der Waals surface area contributed by atoms with Gasteiger partial charge in [0.1, 0.15) is 5.82 Å². The molecule has 0 radical (unpaired) electrons. The lowest BCUT2D eigenvalue weighted by atomic mass is 9.87. The fourth-order valence-electron chi connectivity index (χ4n) is 2.56. The molecule has 2 aromatic heterocycles. The van der Waals surface area contributed by atoms with Gasteiger partial charge in [0.15, 0.2) is 21.8 Å². The molecule has 10 heteroatoms. The number of hydrogen-bond acceptors (Lipinski definition) is 6. The molecule has 0 amide bonds. The molecular formula is C16H16ClF3N4OS. The van der Waals surface area contributed by atoms with Crippen LogP contribution in [0.25, 0.3) is 0 Å². The van der Waals surface area contributed by atoms with Crippen molar-refractivity contribution in [3.05, 3.63) is 34.2 Å². The van der Waals surface area contributed by atoms with Gasteiger partial charge in [-0.05, 0) is 13.0 Å². The van der Waals surface area contributed by atoms with Crippen molar-refractivity contribution in [2.24, 2.45) is 0 Å². The predicted octanol–water partition coefficient (Wildman–Crippen LogP) is 4.65. The Hall–Kier alpha value is -1.74. The van der Waals surface area contributed by atoms with E-state index in [9.17, 15) is 13.2 Å². The molecule has 0 aromatic carbocycles. The molecule has 140 valence electrons. The zero-order valence-electron chi connectivity index (χ0n) is 14.2. The fraction of sp³-hybridized carbons (Fsp3) is 0.438. The maximum Gasteiger partial charge on any atom is 0.433 e. The molecule has 1 aliphatic rings. The number of halogens is 4. The van der Waals surface area contributed by atoms with Gasteiger partial charge in [-0.25, -0.2) is 15.0 Å². The van der Waals surface area contributed by atoms with Crippen LogP contribution in [0.2, 0.25) is 5.15 Å². The molecule has 0 saturated carbocycles. The van der Waals surface area contributed by atoms with E-state index in [1.54, 1.807) is 6.92 Å². The number of anilines is 1. The first kappa shape index (κ1) is 19.0. The minimum absolute atomic E-state index is 0.0706. The lowest BCUT2D eigenvalue weighted by molar-refractivity contribution is -0.141. The van der Waals surface area contributed by atoms with Crippen molar-refractivity contribution >= 4 is 29.2 Å². The number of pyridine rings is 1. The van der Waals surface area contributed by atoms with Crippen LogP contribution in [0.15, 0.2) is 17.3 Å². The van der Waals surface area contributed by atoms with E-state index in [0.717, 1.165) is 17.3 Å². The summed E-state index contributed by atoms with van der Waals surface area (Å²) >= 11 is 7.25. The number of fused-ring (bicyclic) bond motifs is 1. The van der Waals surface area contributed by atoms with E-state index in [0.29, 0.717) is 24.1 Å². The summed E-state index contributed by atoms with van der Waals surface area (Å²) in [7, 11) is 0. The van der Waals surface area contributed by atoms with Gasteiger partial charge < -0.3 is 10.5 Å². The van der Waals surface area contributed by atoms with Crippen molar-refractivity contribution in [1.29, 1.82) is 0 Å². The van der Waals surface area contributed by atoms with Crippen molar-refractivity contribution in [1.82, 2.24) is 15.0 Å². The maximum atomic E-state index is 12.9. The average molecular weight is 405 g/mol. The summed E-state index contributed by atoms with van der Waals surface area (Å²) < 4.78 is 44.3. The number of hydrogen-bond donors (Lipinski definition) is 1. The van der Waals surface area contributed by atoms with Crippen LogP contribution in [0.5, 0.6) is 5.75 Å². The average Bonchev–Trinajstić information content (AvgIpc) is 2.82. The second-order valence-electron chi connectivity index (χ2n) is 6.61. The number of nitrogens with two attached hydrogens (primary N) is 1. The highest BCUT2D eigenvalue weighted by molar-refractivity contribution is 7.99. The Bertz CT molecular complexity index is 860. The van der Waals surface area contributed by atoms with Crippen molar-refractivity contribution < 1.29 is 17.9 Å². The minimum Gasteiger partial charge on any atom is -0.489 e. The molecular weight excluding hydrogens is 389 g/mol. The molecule has 3 heterocycles. The van der Waals surface area contributed by atoms with E-state index in [1.807, 2.05) is 19.9 Å². The Labute approximate surface area is 157 Å². The van der Waals surface area contributed by atoms with Gasteiger partial charge in [0.05, 0.1) is 17.6 Å². The molecule has 0 fully saturated rings.